The van der Waals surface area contributed by atoms with Crippen LogP contribution < -0.4 is 4.74 Å². The number of carbonyl (C=O) groups is 1. The van der Waals surface area contributed by atoms with E-state index in [4.69, 9.17) is 9.84 Å². The number of ether oxygens (including phenoxy) is 1. The normalized spacial score (nSPS) is 12.1. The van der Waals surface area contributed by atoms with Crippen molar-refractivity contribution in [3.8, 4) is 5.75 Å². The molecule has 2 aromatic rings. The van der Waals surface area contributed by atoms with Crippen LogP contribution in [0.15, 0.2) is 54.6 Å². The molecule has 1 atom stereocenters. The van der Waals surface area contributed by atoms with Crippen molar-refractivity contribution < 1.29 is 14.6 Å². The third-order valence-corrected chi connectivity index (χ3v) is 3.84. The second-order valence-electron chi connectivity index (χ2n) is 5.78. The van der Waals surface area contributed by atoms with Crippen molar-refractivity contribution >= 4 is 5.97 Å². The Bertz CT molecular complexity index is 610. The highest BCUT2D eigenvalue weighted by Gasteiger charge is 2.12. The summed E-state index contributed by atoms with van der Waals surface area (Å²) >= 11 is 0. The lowest BCUT2D eigenvalue weighted by Crippen LogP contribution is -2.35. The summed E-state index contributed by atoms with van der Waals surface area (Å²) in [6, 6.07) is 18.2. The van der Waals surface area contributed by atoms with E-state index in [1.807, 2.05) is 73.5 Å². The van der Waals surface area contributed by atoms with E-state index in [-0.39, 0.29) is 12.6 Å². The molecule has 0 fully saturated rings. The molecule has 1 N–H and O–H groups in total. The van der Waals surface area contributed by atoms with Gasteiger partial charge >= 0.3 is 5.97 Å². The highest BCUT2D eigenvalue weighted by atomic mass is 16.5. The molecular weight excluding hydrogens is 290 g/mol. The first-order valence-corrected chi connectivity index (χ1v) is 7.72. The lowest BCUT2D eigenvalue weighted by atomic mass is 10.1. The average molecular weight is 313 g/mol. The molecule has 0 saturated heterocycles. The van der Waals surface area contributed by atoms with Gasteiger partial charge < -0.3 is 9.84 Å². The summed E-state index contributed by atoms with van der Waals surface area (Å²) in [5.74, 6) is 0.0353. The van der Waals surface area contributed by atoms with E-state index >= 15 is 0 Å². The van der Waals surface area contributed by atoms with Gasteiger partial charge in [-0.1, -0.05) is 42.5 Å². The van der Waals surface area contributed by atoms with Crippen molar-refractivity contribution in [1.82, 2.24) is 4.90 Å². The van der Waals surface area contributed by atoms with Crippen LogP contribution in [0.3, 0.4) is 0 Å². The van der Waals surface area contributed by atoms with Gasteiger partial charge in [-0.3, -0.25) is 9.69 Å². The molecule has 0 aliphatic rings. The van der Waals surface area contributed by atoms with E-state index in [1.54, 1.807) is 0 Å². The number of carboxylic acids is 1. The van der Waals surface area contributed by atoms with Crippen LogP contribution in [0.1, 0.15) is 18.1 Å². The van der Waals surface area contributed by atoms with E-state index < -0.39 is 5.97 Å². The maximum Gasteiger partial charge on any atom is 0.317 e. The zero-order valence-corrected chi connectivity index (χ0v) is 13.6. The van der Waals surface area contributed by atoms with E-state index in [0.717, 1.165) is 17.7 Å². The predicted octanol–water partition coefficient (Wildman–Crippen LogP) is 3.21. The first-order valence-electron chi connectivity index (χ1n) is 7.72. The summed E-state index contributed by atoms with van der Waals surface area (Å²) < 4.78 is 5.76. The fourth-order valence-electron chi connectivity index (χ4n) is 2.33. The number of hydrogen-bond donors (Lipinski definition) is 1. The zero-order chi connectivity index (χ0) is 16.7. The number of carboxylic acid groups (broad SMARTS) is 1. The molecule has 0 unspecified atom stereocenters. The molecule has 0 aromatic heterocycles. The summed E-state index contributed by atoms with van der Waals surface area (Å²) in [5.41, 5.74) is 2.31. The smallest absolute Gasteiger partial charge is 0.317 e. The number of aliphatic carboxylic acids is 1. The van der Waals surface area contributed by atoms with Gasteiger partial charge in [0.1, 0.15) is 12.4 Å². The van der Waals surface area contributed by atoms with Crippen LogP contribution in [0.4, 0.5) is 0 Å². The summed E-state index contributed by atoms with van der Waals surface area (Å²) in [6.07, 6.45) is 0.808. The number of hydrogen-bond acceptors (Lipinski definition) is 3. The van der Waals surface area contributed by atoms with Crippen molar-refractivity contribution in [2.75, 3.05) is 13.6 Å². The maximum atomic E-state index is 10.7. The van der Waals surface area contributed by atoms with E-state index in [9.17, 15) is 4.79 Å². The quantitative estimate of drug-likeness (QED) is 0.813. The Morgan fingerprint density at radius 2 is 1.74 bits per heavy atom. The Morgan fingerprint density at radius 1 is 1.09 bits per heavy atom. The molecule has 4 heteroatoms. The van der Waals surface area contributed by atoms with E-state index in [1.165, 1.54) is 5.56 Å². The van der Waals surface area contributed by atoms with Gasteiger partial charge in [-0.05, 0) is 43.7 Å². The molecule has 0 heterocycles. The van der Waals surface area contributed by atoms with Crippen molar-refractivity contribution in [3.05, 3.63) is 65.7 Å². The molecule has 2 aromatic carbocycles. The molecule has 23 heavy (non-hydrogen) atoms. The largest absolute Gasteiger partial charge is 0.489 e. The number of nitrogens with zero attached hydrogens (tertiary/aromatic N) is 1. The van der Waals surface area contributed by atoms with Crippen LogP contribution in [0.5, 0.6) is 5.75 Å². The van der Waals surface area contributed by atoms with Crippen LogP contribution in [-0.2, 0) is 17.8 Å². The van der Waals surface area contributed by atoms with Gasteiger partial charge in [-0.15, -0.1) is 0 Å². The van der Waals surface area contributed by atoms with Gasteiger partial charge in [0.15, 0.2) is 0 Å². The SMILES string of the molecule is C[C@H](Cc1ccc(OCc2ccccc2)cc1)N(C)CC(=O)O. The summed E-state index contributed by atoms with van der Waals surface area (Å²) in [7, 11) is 1.83. The van der Waals surface area contributed by atoms with Crippen LogP contribution in [-0.4, -0.2) is 35.6 Å². The summed E-state index contributed by atoms with van der Waals surface area (Å²) in [6.45, 7) is 2.64. The highest BCUT2D eigenvalue weighted by molar-refractivity contribution is 5.69. The fourth-order valence-corrected chi connectivity index (χ4v) is 2.33. The van der Waals surface area contributed by atoms with Crippen LogP contribution in [0, 0.1) is 0 Å². The van der Waals surface area contributed by atoms with Crippen molar-refractivity contribution in [3.63, 3.8) is 0 Å². The molecule has 0 amide bonds. The van der Waals surface area contributed by atoms with Crippen molar-refractivity contribution in [2.45, 2.75) is 26.0 Å². The Labute approximate surface area is 137 Å². The molecule has 0 bridgehead atoms. The van der Waals surface area contributed by atoms with E-state index in [2.05, 4.69) is 0 Å². The summed E-state index contributed by atoms with van der Waals surface area (Å²) in [5, 5.41) is 8.83. The predicted molar refractivity (Wildman–Crippen MR) is 90.6 cm³/mol. The molecule has 0 aliphatic carbocycles. The summed E-state index contributed by atoms with van der Waals surface area (Å²) in [4.78, 5) is 12.6. The van der Waals surface area contributed by atoms with Crippen LogP contribution >= 0.6 is 0 Å². The third kappa shape index (κ3) is 5.75. The molecule has 0 aliphatic heterocycles. The Kier molecular flexibility index (Phi) is 6.18. The second kappa shape index (κ2) is 8.34. The molecular formula is C19H23NO3. The maximum absolute atomic E-state index is 10.7. The Morgan fingerprint density at radius 3 is 2.35 bits per heavy atom. The molecule has 122 valence electrons. The molecule has 0 spiro atoms. The highest BCUT2D eigenvalue weighted by Crippen LogP contribution is 2.16. The van der Waals surface area contributed by atoms with Gasteiger partial charge in [0.2, 0.25) is 0 Å². The minimum absolute atomic E-state index is 0.0550. The fraction of sp³-hybridized carbons (Fsp3) is 0.316. The average Bonchev–Trinajstić information content (AvgIpc) is 2.54. The van der Waals surface area contributed by atoms with Gasteiger partial charge in [-0.2, -0.15) is 0 Å². The van der Waals surface area contributed by atoms with Crippen molar-refractivity contribution in [2.24, 2.45) is 0 Å². The molecule has 4 nitrogen and oxygen atoms in total. The lowest BCUT2D eigenvalue weighted by Gasteiger charge is -2.22. The number of likely N-dealkylation sites (N-methyl/N-ethyl adjacent to an activating group) is 1. The molecule has 0 saturated carbocycles. The standard InChI is InChI=1S/C19H23NO3/c1-15(20(2)13-19(21)22)12-16-8-10-18(11-9-16)23-14-17-6-4-3-5-7-17/h3-11,15H,12-14H2,1-2H3,(H,21,22)/t15-/m1/s1. The first-order chi connectivity index (χ1) is 11.0. The second-order valence-corrected chi connectivity index (χ2v) is 5.78. The number of rotatable bonds is 8. The minimum atomic E-state index is -0.802. The first kappa shape index (κ1) is 17.0. The van der Waals surface area contributed by atoms with Gasteiger partial charge in [0, 0.05) is 6.04 Å². The van der Waals surface area contributed by atoms with Crippen LogP contribution in [0.25, 0.3) is 0 Å². The van der Waals surface area contributed by atoms with Gasteiger partial charge in [-0.25, -0.2) is 0 Å². The monoisotopic (exact) mass is 313 g/mol. The van der Waals surface area contributed by atoms with E-state index in [0.29, 0.717) is 6.61 Å². The molecule has 2 rings (SSSR count). The lowest BCUT2D eigenvalue weighted by molar-refractivity contribution is -0.138. The zero-order valence-electron chi connectivity index (χ0n) is 13.6. The number of benzene rings is 2. The third-order valence-electron chi connectivity index (χ3n) is 3.84. The molecule has 0 radical (unpaired) electrons. The Hall–Kier alpha value is -2.33. The Balaban J connectivity index is 1.85. The van der Waals surface area contributed by atoms with Crippen molar-refractivity contribution in [1.29, 1.82) is 0 Å². The minimum Gasteiger partial charge on any atom is -0.489 e. The van der Waals surface area contributed by atoms with Gasteiger partial charge in [0.25, 0.3) is 0 Å². The van der Waals surface area contributed by atoms with Gasteiger partial charge in [0.05, 0.1) is 6.54 Å². The van der Waals surface area contributed by atoms with Crippen LogP contribution in [0.2, 0.25) is 0 Å². The topological polar surface area (TPSA) is 49.8 Å².